The number of carbonyl (C=O) groups is 1. The standard InChI is InChI=1S/C11H16N4O2S/c1-3-4-5-17-7-9(16)13-10-8(6-12)11(18-2)15-14-10/h3-5,7H2,1-2H3,(H2,13,14,15,16). The van der Waals surface area contributed by atoms with E-state index in [-0.39, 0.29) is 12.5 Å². The highest BCUT2D eigenvalue weighted by atomic mass is 32.2. The summed E-state index contributed by atoms with van der Waals surface area (Å²) in [6.07, 6.45) is 3.77. The molecule has 0 fully saturated rings. The van der Waals surface area contributed by atoms with Crippen molar-refractivity contribution in [1.82, 2.24) is 10.2 Å². The molecule has 0 bridgehead atoms. The Morgan fingerprint density at radius 2 is 2.44 bits per heavy atom. The van der Waals surface area contributed by atoms with Crippen molar-refractivity contribution >= 4 is 23.5 Å². The molecule has 1 amide bonds. The maximum Gasteiger partial charge on any atom is 0.251 e. The predicted molar refractivity (Wildman–Crippen MR) is 69.4 cm³/mol. The third kappa shape index (κ3) is 4.05. The topological polar surface area (TPSA) is 90.8 Å². The molecule has 98 valence electrons. The first kappa shape index (κ1) is 14.5. The minimum absolute atomic E-state index is 0.0154. The average molecular weight is 268 g/mol. The van der Waals surface area contributed by atoms with Gasteiger partial charge in [0.1, 0.15) is 29.1 Å². The van der Waals surface area contributed by atoms with Crippen molar-refractivity contribution in [2.75, 3.05) is 24.8 Å². The highest BCUT2D eigenvalue weighted by Gasteiger charge is 2.14. The number of hydrogen-bond acceptors (Lipinski definition) is 5. The van der Waals surface area contributed by atoms with Gasteiger partial charge in [-0.05, 0) is 12.7 Å². The predicted octanol–water partition coefficient (Wildman–Crippen LogP) is 1.76. The van der Waals surface area contributed by atoms with E-state index in [0.717, 1.165) is 12.8 Å². The average Bonchev–Trinajstić information content (AvgIpc) is 2.76. The number of anilines is 1. The number of H-pyrrole nitrogens is 1. The molecule has 0 radical (unpaired) electrons. The van der Waals surface area contributed by atoms with E-state index in [0.29, 0.717) is 23.0 Å². The quantitative estimate of drug-likeness (QED) is 0.581. The molecule has 2 N–H and O–H groups in total. The number of aromatic amines is 1. The third-order valence-electron chi connectivity index (χ3n) is 2.18. The lowest BCUT2D eigenvalue weighted by Crippen LogP contribution is -2.19. The molecule has 0 unspecified atom stereocenters. The molecule has 1 aromatic heterocycles. The van der Waals surface area contributed by atoms with Crippen molar-refractivity contribution in [2.24, 2.45) is 0 Å². The second kappa shape index (κ2) is 7.74. The largest absolute Gasteiger partial charge is 0.372 e. The lowest BCUT2D eigenvalue weighted by Gasteiger charge is -2.04. The second-order valence-corrected chi connectivity index (χ2v) is 4.34. The van der Waals surface area contributed by atoms with E-state index in [1.807, 2.05) is 12.3 Å². The van der Waals surface area contributed by atoms with Gasteiger partial charge in [0.2, 0.25) is 0 Å². The maximum absolute atomic E-state index is 11.5. The van der Waals surface area contributed by atoms with Crippen LogP contribution in [0.25, 0.3) is 0 Å². The minimum Gasteiger partial charge on any atom is -0.372 e. The molecule has 1 aromatic rings. The van der Waals surface area contributed by atoms with E-state index < -0.39 is 0 Å². The molecule has 7 heteroatoms. The Hall–Kier alpha value is -1.52. The Bertz CT molecular complexity index is 439. The number of thioether (sulfide) groups is 1. The number of rotatable bonds is 7. The Morgan fingerprint density at radius 3 is 3.06 bits per heavy atom. The van der Waals surface area contributed by atoms with Gasteiger partial charge >= 0.3 is 0 Å². The molecule has 6 nitrogen and oxygen atoms in total. The van der Waals surface area contributed by atoms with Crippen LogP contribution < -0.4 is 5.32 Å². The number of nitrogens with one attached hydrogen (secondary N) is 2. The van der Waals surface area contributed by atoms with Gasteiger partial charge in [-0.2, -0.15) is 10.4 Å². The second-order valence-electron chi connectivity index (χ2n) is 3.55. The van der Waals surface area contributed by atoms with Crippen molar-refractivity contribution in [1.29, 1.82) is 5.26 Å². The Kier molecular flexibility index (Phi) is 6.25. The molecule has 0 saturated carbocycles. The van der Waals surface area contributed by atoms with Gasteiger partial charge in [0, 0.05) is 6.61 Å². The van der Waals surface area contributed by atoms with Gasteiger partial charge < -0.3 is 10.1 Å². The maximum atomic E-state index is 11.5. The van der Waals surface area contributed by atoms with Crippen LogP contribution >= 0.6 is 11.8 Å². The van der Waals surface area contributed by atoms with Crippen LogP contribution in [0.4, 0.5) is 5.82 Å². The third-order valence-corrected chi connectivity index (χ3v) is 2.86. The van der Waals surface area contributed by atoms with Crippen LogP contribution in [0.15, 0.2) is 5.03 Å². The van der Waals surface area contributed by atoms with Crippen molar-refractivity contribution < 1.29 is 9.53 Å². The molecule has 0 aliphatic rings. The molecule has 0 aromatic carbocycles. The van der Waals surface area contributed by atoms with Gasteiger partial charge in [-0.15, -0.1) is 11.8 Å². The van der Waals surface area contributed by atoms with E-state index in [1.165, 1.54) is 11.8 Å². The van der Waals surface area contributed by atoms with Crippen LogP contribution in [0.2, 0.25) is 0 Å². The molecular formula is C11H16N4O2S. The fraction of sp³-hybridized carbons (Fsp3) is 0.545. The van der Waals surface area contributed by atoms with Crippen LogP contribution in [0.3, 0.4) is 0 Å². The monoisotopic (exact) mass is 268 g/mol. The van der Waals surface area contributed by atoms with Crippen molar-refractivity contribution in [2.45, 2.75) is 24.8 Å². The summed E-state index contributed by atoms with van der Waals surface area (Å²) in [7, 11) is 0. The number of ether oxygens (including phenoxy) is 1. The SMILES string of the molecule is CCCCOCC(=O)Nc1[nH]nc(SC)c1C#N. The van der Waals surface area contributed by atoms with E-state index in [2.05, 4.69) is 22.4 Å². The van der Waals surface area contributed by atoms with Gasteiger partial charge in [-0.1, -0.05) is 13.3 Å². The van der Waals surface area contributed by atoms with Gasteiger partial charge in [0.05, 0.1) is 0 Å². The zero-order valence-electron chi connectivity index (χ0n) is 10.4. The Balaban J connectivity index is 2.49. The number of unbranched alkanes of at least 4 members (excludes halogenated alkanes) is 1. The van der Waals surface area contributed by atoms with E-state index in [4.69, 9.17) is 10.00 Å². The zero-order chi connectivity index (χ0) is 13.4. The molecule has 1 heterocycles. The molecule has 0 atom stereocenters. The summed E-state index contributed by atoms with van der Waals surface area (Å²) in [4.78, 5) is 11.5. The summed E-state index contributed by atoms with van der Waals surface area (Å²) in [5.74, 6) is 0.0323. The molecule has 0 aliphatic carbocycles. The number of nitriles is 1. The summed E-state index contributed by atoms with van der Waals surface area (Å²) in [5, 5.41) is 18.7. The van der Waals surface area contributed by atoms with Gasteiger partial charge in [-0.3, -0.25) is 9.89 Å². The van der Waals surface area contributed by atoms with E-state index in [1.54, 1.807) is 0 Å². The smallest absolute Gasteiger partial charge is 0.251 e. The highest BCUT2D eigenvalue weighted by Crippen LogP contribution is 2.22. The van der Waals surface area contributed by atoms with E-state index in [9.17, 15) is 4.79 Å². The van der Waals surface area contributed by atoms with Crippen LogP contribution in [-0.2, 0) is 9.53 Å². The first-order valence-electron chi connectivity index (χ1n) is 5.63. The van der Waals surface area contributed by atoms with Gasteiger partial charge in [-0.25, -0.2) is 0 Å². The summed E-state index contributed by atoms with van der Waals surface area (Å²) in [6.45, 7) is 2.60. The first-order chi connectivity index (χ1) is 8.72. The number of amides is 1. The first-order valence-corrected chi connectivity index (χ1v) is 6.85. The van der Waals surface area contributed by atoms with Crippen molar-refractivity contribution in [3.63, 3.8) is 0 Å². The summed E-state index contributed by atoms with van der Waals surface area (Å²) in [6, 6.07) is 2.01. The van der Waals surface area contributed by atoms with Crippen LogP contribution in [0.1, 0.15) is 25.3 Å². The molecular weight excluding hydrogens is 252 g/mol. The Labute approximate surface area is 110 Å². The van der Waals surface area contributed by atoms with Crippen LogP contribution in [-0.4, -0.2) is 35.6 Å². The molecule has 0 aliphatic heterocycles. The van der Waals surface area contributed by atoms with E-state index >= 15 is 0 Å². The minimum atomic E-state index is -0.293. The zero-order valence-corrected chi connectivity index (χ0v) is 11.3. The molecule has 0 saturated heterocycles. The number of aromatic nitrogens is 2. The van der Waals surface area contributed by atoms with Crippen molar-refractivity contribution in [3.8, 4) is 6.07 Å². The fourth-order valence-corrected chi connectivity index (χ4v) is 1.74. The number of hydrogen-bond donors (Lipinski definition) is 2. The Morgan fingerprint density at radius 1 is 1.67 bits per heavy atom. The van der Waals surface area contributed by atoms with Gasteiger partial charge in [0.15, 0.2) is 0 Å². The molecule has 1 rings (SSSR count). The fourth-order valence-electron chi connectivity index (χ4n) is 1.25. The lowest BCUT2D eigenvalue weighted by molar-refractivity contribution is -0.120. The summed E-state index contributed by atoms with van der Waals surface area (Å²) in [5.41, 5.74) is 0.351. The normalized spacial score (nSPS) is 10.1. The summed E-state index contributed by atoms with van der Waals surface area (Å²) < 4.78 is 5.18. The van der Waals surface area contributed by atoms with Crippen molar-refractivity contribution in [3.05, 3.63) is 5.56 Å². The van der Waals surface area contributed by atoms with Crippen LogP contribution in [0.5, 0.6) is 0 Å². The van der Waals surface area contributed by atoms with Gasteiger partial charge in [0.25, 0.3) is 5.91 Å². The lowest BCUT2D eigenvalue weighted by atomic mass is 10.3. The highest BCUT2D eigenvalue weighted by molar-refractivity contribution is 7.98. The van der Waals surface area contributed by atoms with Crippen LogP contribution in [0, 0.1) is 11.3 Å². The molecule has 18 heavy (non-hydrogen) atoms. The molecule has 0 spiro atoms. The number of carbonyl (C=O) groups excluding carboxylic acids is 1. The summed E-state index contributed by atoms with van der Waals surface area (Å²) >= 11 is 1.34. The number of nitrogens with zero attached hydrogens (tertiary/aromatic N) is 2.